The van der Waals surface area contributed by atoms with Crippen molar-refractivity contribution in [2.75, 3.05) is 13.7 Å². The van der Waals surface area contributed by atoms with Crippen LogP contribution in [0, 0.1) is 10.5 Å². The van der Waals surface area contributed by atoms with Gasteiger partial charge in [-0.1, -0.05) is 17.7 Å². The highest BCUT2D eigenvalue weighted by molar-refractivity contribution is 14.1. The summed E-state index contributed by atoms with van der Waals surface area (Å²) in [7, 11) is -2.64. The number of nitrogens with zero attached hydrogens (tertiary/aromatic N) is 1. The molecule has 0 bridgehead atoms. The van der Waals surface area contributed by atoms with E-state index in [0.29, 0.717) is 18.1 Å². The van der Waals surface area contributed by atoms with Gasteiger partial charge in [-0.15, -0.1) is 0 Å². The summed E-state index contributed by atoms with van der Waals surface area (Å²) < 4.78 is 35.8. The van der Waals surface area contributed by atoms with Crippen LogP contribution in [0.1, 0.15) is 22.7 Å². The van der Waals surface area contributed by atoms with Crippen LogP contribution in [-0.2, 0) is 19.0 Å². The van der Waals surface area contributed by atoms with Gasteiger partial charge in [0.2, 0.25) is 5.90 Å². The molecule has 1 heterocycles. The van der Waals surface area contributed by atoms with Gasteiger partial charge in [-0.25, -0.2) is 4.99 Å². The molecule has 0 N–H and O–H groups in total. The maximum absolute atomic E-state index is 12.2. The van der Waals surface area contributed by atoms with Gasteiger partial charge in [-0.2, -0.15) is 8.42 Å². The fraction of sp³-hybridized carbons (Fsp3) is 0.235. The lowest BCUT2D eigenvalue weighted by atomic mass is 10.1. The molecule has 0 spiro atoms. The first-order chi connectivity index (χ1) is 11.4. The van der Waals surface area contributed by atoms with Crippen LogP contribution in [0.25, 0.3) is 0 Å². The molecule has 0 aromatic heterocycles. The zero-order chi connectivity index (χ0) is 17.3. The molecule has 1 aliphatic rings. The van der Waals surface area contributed by atoms with E-state index in [9.17, 15) is 8.42 Å². The molecule has 0 amide bonds. The lowest BCUT2D eigenvalue weighted by Gasteiger charge is -2.12. The molecule has 24 heavy (non-hydrogen) atoms. The number of rotatable bonds is 4. The van der Waals surface area contributed by atoms with Crippen molar-refractivity contribution < 1.29 is 17.3 Å². The van der Waals surface area contributed by atoms with Gasteiger partial charge in [0.15, 0.2) is 0 Å². The molecular weight excluding hydrogens is 441 g/mol. The van der Waals surface area contributed by atoms with Crippen molar-refractivity contribution in [3.8, 4) is 0 Å². The van der Waals surface area contributed by atoms with E-state index in [-0.39, 0.29) is 10.9 Å². The Labute approximate surface area is 155 Å². The predicted octanol–water partition coefficient (Wildman–Crippen LogP) is 3.45. The van der Waals surface area contributed by atoms with Gasteiger partial charge in [0.1, 0.15) is 12.6 Å². The topological polar surface area (TPSA) is 65.0 Å². The van der Waals surface area contributed by atoms with E-state index in [0.717, 1.165) is 21.8 Å². The fourth-order valence-electron chi connectivity index (χ4n) is 2.53. The molecule has 0 aliphatic carbocycles. The summed E-state index contributed by atoms with van der Waals surface area (Å²) in [6, 6.07) is 12.6. The monoisotopic (exact) mass is 457 g/mol. The summed E-state index contributed by atoms with van der Waals surface area (Å²) in [4.78, 5) is 4.72. The second-order valence-electron chi connectivity index (χ2n) is 5.43. The maximum atomic E-state index is 12.2. The minimum Gasteiger partial charge on any atom is -0.475 e. The van der Waals surface area contributed by atoms with Crippen molar-refractivity contribution in [2.24, 2.45) is 4.99 Å². The second-order valence-corrected chi connectivity index (χ2v) is 8.36. The molecule has 0 radical (unpaired) electrons. The van der Waals surface area contributed by atoms with Crippen LogP contribution < -0.4 is 0 Å². The van der Waals surface area contributed by atoms with Crippen molar-refractivity contribution in [3.63, 3.8) is 0 Å². The Morgan fingerprint density at radius 2 is 1.92 bits per heavy atom. The van der Waals surface area contributed by atoms with Gasteiger partial charge in [-0.05, 0) is 59.8 Å². The predicted molar refractivity (Wildman–Crippen MR) is 99.8 cm³/mol. The van der Waals surface area contributed by atoms with Gasteiger partial charge in [0.05, 0.1) is 12.0 Å². The van der Waals surface area contributed by atoms with Crippen LogP contribution >= 0.6 is 22.6 Å². The van der Waals surface area contributed by atoms with Gasteiger partial charge in [-0.3, -0.25) is 4.18 Å². The third kappa shape index (κ3) is 3.47. The average Bonchev–Trinajstić information content (AvgIpc) is 3.05. The van der Waals surface area contributed by atoms with Crippen LogP contribution in [0.3, 0.4) is 0 Å². The van der Waals surface area contributed by atoms with E-state index in [1.165, 1.54) is 0 Å². The number of benzene rings is 2. The molecule has 0 saturated heterocycles. The molecule has 1 aliphatic heterocycles. The number of aliphatic imine (C=N–C) groups is 1. The number of hydrogen-bond donors (Lipinski definition) is 0. The normalized spacial score (nSPS) is 17.5. The summed E-state index contributed by atoms with van der Waals surface area (Å²) in [5, 5.41) is 0. The Morgan fingerprint density at radius 3 is 2.58 bits per heavy atom. The molecular formula is C17H16INO4S. The van der Waals surface area contributed by atoms with E-state index in [2.05, 4.69) is 31.8 Å². The number of ether oxygens (including phenoxy) is 1. The molecule has 126 valence electrons. The first-order valence-electron chi connectivity index (χ1n) is 7.28. The molecule has 1 atom stereocenters. The maximum Gasteiger partial charge on any atom is 0.297 e. The smallest absolute Gasteiger partial charge is 0.297 e. The van der Waals surface area contributed by atoms with Gasteiger partial charge < -0.3 is 4.74 Å². The summed E-state index contributed by atoms with van der Waals surface area (Å²) in [5.41, 5.74) is 2.43. The molecule has 7 heteroatoms. The van der Waals surface area contributed by atoms with Crippen molar-refractivity contribution in [1.82, 2.24) is 0 Å². The van der Waals surface area contributed by atoms with Crippen molar-refractivity contribution in [1.29, 1.82) is 0 Å². The average molecular weight is 457 g/mol. The van der Waals surface area contributed by atoms with E-state index in [1.807, 2.05) is 37.3 Å². The largest absolute Gasteiger partial charge is 0.475 e. The Morgan fingerprint density at radius 1 is 1.21 bits per heavy atom. The molecule has 1 unspecified atom stereocenters. The van der Waals surface area contributed by atoms with Gasteiger partial charge in [0.25, 0.3) is 10.1 Å². The summed E-state index contributed by atoms with van der Waals surface area (Å²) in [6.07, 6.45) is 0. The number of hydrogen-bond acceptors (Lipinski definition) is 5. The zero-order valence-corrected chi connectivity index (χ0v) is 16.2. The van der Waals surface area contributed by atoms with E-state index in [1.54, 1.807) is 12.1 Å². The van der Waals surface area contributed by atoms with E-state index >= 15 is 0 Å². The Bertz CT molecular complexity index is 891. The van der Waals surface area contributed by atoms with Crippen LogP contribution in [0.5, 0.6) is 0 Å². The van der Waals surface area contributed by atoms with Crippen molar-refractivity contribution in [3.05, 3.63) is 62.7 Å². The third-order valence-electron chi connectivity index (χ3n) is 3.76. The fourth-order valence-corrected chi connectivity index (χ4v) is 3.79. The van der Waals surface area contributed by atoms with Gasteiger partial charge in [0, 0.05) is 14.7 Å². The van der Waals surface area contributed by atoms with Crippen molar-refractivity contribution >= 4 is 38.6 Å². The van der Waals surface area contributed by atoms with E-state index in [4.69, 9.17) is 4.74 Å². The number of halogens is 1. The zero-order valence-electron chi connectivity index (χ0n) is 13.2. The van der Waals surface area contributed by atoms with Crippen LogP contribution in [-0.4, -0.2) is 28.0 Å². The summed E-state index contributed by atoms with van der Waals surface area (Å²) in [5.74, 6) is 0.527. The van der Waals surface area contributed by atoms with Crippen LogP contribution in [0.15, 0.2) is 52.4 Å². The minimum atomic E-state index is -3.80. The number of aryl methyl sites for hydroxylation is 1. The third-order valence-corrected chi connectivity index (χ3v) is 5.82. The Hall–Kier alpha value is -1.45. The second kappa shape index (κ2) is 6.81. The Kier molecular flexibility index (Phi) is 4.93. The van der Waals surface area contributed by atoms with Gasteiger partial charge >= 0.3 is 0 Å². The standard InChI is InChI=1S/C17H16INO4S/c1-11-3-8-16(24(20,21)22-2)14(9-11)15-10-23-17(19-15)12-4-6-13(18)7-5-12/h3-9,15H,10H2,1-2H3. The first kappa shape index (κ1) is 17.4. The molecule has 2 aromatic rings. The van der Waals surface area contributed by atoms with E-state index < -0.39 is 10.1 Å². The molecule has 5 nitrogen and oxygen atoms in total. The van der Waals surface area contributed by atoms with Crippen LogP contribution in [0.2, 0.25) is 0 Å². The lowest BCUT2D eigenvalue weighted by Crippen LogP contribution is -2.10. The Balaban J connectivity index is 2.01. The molecule has 2 aromatic carbocycles. The minimum absolute atomic E-state index is 0.136. The van der Waals surface area contributed by atoms with Crippen molar-refractivity contribution in [2.45, 2.75) is 17.9 Å². The summed E-state index contributed by atoms with van der Waals surface area (Å²) >= 11 is 2.23. The lowest BCUT2D eigenvalue weighted by molar-refractivity contribution is 0.318. The molecule has 0 saturated carbocycles. The first-order valence-corrected chi connectivity index (χ1v) is 9.77. The highest BCUT2D eigenvalue weighted by atomic mass is 127. The summed E-state index contributed by atoms with van der Waals surface area (Å²) in [6.45, 7) is 2.21. The molecule has 0 fully saturated rings. The quantitative estimate of drug-likeness (QED) is 0.521. The molecule has 3 rings (SSSR count). The van der Waals surface area contributed by atoms with Crippen LogP contribution in [0.4, 0.5) is 0 Å². The SMILES string of the molecule is COS(=O)(=O)c1ccc(C)cc1C1COC(c2ccc(I)cc2)=N1. The highest BCUT2D eigenvalue weighted by Crippen LogP contribution is 2.31. The highest BCUT2D eigenvalue weighted by Gasteiger charge is 2.28.